The van der Waals surface area contributed by atoms with E-state index in [9.17, 15) is 4.79 Å². The minimum absolute atomic E-state index is 0.0184. The lowest BCUT2D eigenvalue weighted by molar-refractivity contribution is -0.120. The highest BCUT2D eigenvalue weighted by atomic mass is 35.5. The Balaban J connectivity index is 1.54. The summed E-state index contributed by atoms with van der Waals surface area (Å²) >= 11 is 6.25. The maximum Gasteiger partial charge on any atom is 0.224 e. The second-order valence-electron chi connectivity index (χ2n) is 7.39. The second kappa shape index (κ2) is 8.89. The molecule has 0 saturated heterocycles. The monoisotopic (exact) mass is 389 g/mol. The summed E-state index contributed by atoms with van der Waals surface area (Å²) < 4.78 is 7.45. The van der Waals surface area contributed by atoms with Crippen LogP contribution in [0.4, 0.5) is 0 Å². The number of halogens is 1. The molecule has 2 aromatic rings. The van der Waals surface area contributed by atoms with Gasteiger partial charge in [0.1, 0.15) is 0 Å². The van der Waals surface area contributed by atoms with E-state index in [4.69, 9.17) is 16.3 Å². The molecule has 1 heterocycles. The summed E-state index contributed by atoms with van der Waals surface area (Å²) in [4.78, 5) is 12.3. The van der Waals surface area contributed by atoms with Gasteiger partial charge in [-0.3, -0.25) is 4.79 Å². The molecule has 1 aliphatic rings. The predicted octanol–water partition coefficient (Wildman–Crippen LogP) is 3.93. The van der Waals surface area contributed by atoms with Gasteiger partial charge < -0.3 is 10.1 Å². The first-order valence-electron chi connectivity index (χ1n) is 9.61. The van der Waals surface area contributed by atoms with E-state index >= 15 is 0 Å². The van der Waals surface area contributed by atoms with Gasteiger partial charge in [-0.25, -0.2) is 4.68 Å². The van der Waals surface area contributed by atoms with Crippen LogP contribution >= 0.6 is 11.6 Å². The SMILES string of the molecule is Cc1ccc(-n2nc(C)c(CC(=O)NCCCOCC3CC3)c2C)cc1Cl. The smallest absolute Gasteiger partial charge is 0.224 e. The molecule has 27 heavy (non-hydrogen) atoms. The molecule has 0 radical (unpaired) electrons. The largest absolute Gasteiger partial charge is 0.381 e. The van der Waals surface area contributed by atoms with Crippen LogP contribution in [-0.4, -0.2) is 35.4 Å². The van der Waals surface area contributed by atoms with E-state index in [1.165, 1.54) is 12.8 Å². The molecule has 1 saturated carbocycles. The third-order valence-electron chi connectivity index (χ3n) is 5.02. The van der Waals surface area contributed by atoms with Gasteiger partial charge in [0, 0.05) is 36.0 Å². The summed E-state index contributed by atoms with van der Waals surface area (Å²) in [5, 5.41) is 8.29. The Morgan fingerprint density at radius 1 is 1.33 bits per heavy atom. The predicted molar refractivity (Wildman–Crippen MR) is 108 cm³/mol. The first-order valence-corrected chi connectivity index (χ1v) is 9.99. The highest BCUT2D eigenvalue weighted by molar-refractivity contribution is 6.31. The van der Waals surface area contributed by atoms with E-state index in [0.29, 0.717) is 24.6 Å². The van der Waals surface area contributed by atoms with E-state index in [1.807, 2.05) is 43.7 Å². The summed E-state index contributed by atoms with van der Waals surface area (Å²) in [7, 11) is 0. The molecule has 0 aliphatic heterocycles. The zero-order chi connectivity index (χ0) is 19.4. The number of carbonyl (C=O) groups excluding carboxylic acids is 1. The van der Waals surface area contributed by atoms with Gasteiger partial charge in [-0.05, 0) is 63.6 Å². The quantitative estimate of drug-likeness (QED) is 0.661. The Kier molecular flexibility index (Phi) is 6.55. The molecular weight excluding hydrogens is 362 g/mol. The number of carbonyl (C=O) groups is 1. The standard InChI is InChI=1S/C21H28ClN3O2/c1-14-5-8-18(11-20(14)22)25-16(3)19(15(2)24-25)12-21(26)23-9-4-10-27-13-17-6-7-17/h5,8,11,17H,4,6-7,9-10,12-13H2,1-3H3,(H,23,26). The third kappa shape index (κ3) is 5.33. The van der Waals surface area contributed by atoms with E-state index in [1.54, 1.807) is 0 Å². The lowest BCUT2D eigenvalue weighted by Crippen LogP contribution is -2.27. The summed E-state index contributed by atoms with van der Waals surface area (Å²) in [6.45, 7) is 8.12. The normalized spacial score (nSPS) is 13.8. The lowest BCUT2D eigenvalue weighted by Gasteiger charge is -2.08. The molecule has 1 aliphatic carbocycles. The molecule has 6 heteroatoms. The molecule has 1 N–H and O–H groups in total. The number of nitrogens with zero attached hydrogens (tertiary/aromatic N) is 2. The van der Waals surface area contributed by atoms with Gasteiger partial charge in [-0.1, -0.05) is 17.7 Å². The van der Waals surface area contributed by atoms with E-state index in [-0.39, 0.29) is 5.91 Å². The number of benzene rings is 1. The van der Waals surface area contributed by atoms with Crippen molar-refractivity contribution in [1.82, 2.24) is 15.1 Å². The fraction of sp³-hybridized carbons (Fsp3) is 0.524. The van der Waals surface area contributed by atoms with Gasteiger partial charge in [0.25, 0.3) is 0 Å². The molecule has 0 atom stereocenters. The molecule has 1 aromatic carbocycles. The molecule has 3 rings (SSSR count). The van der Waals surface area contributed by atoms with Gasteiger partial charge in [-0.15, -0.1) is 0 Å². The molecular formula is C21H28ClN3O2. The number of aryl methyl sites for hydroxylation is 2. The van der Waals surface area contributed by atoms with Gasteiger partial charge in [0.15, 0.2) is 0 Å². The Bertz CT molecular complexity index is 812. The summed E-state index contributed by atoms with van der Waals surface area (Å²) in [6, 6.07) is 5.87. The fourth-order valence-electron chi connectivity index (χ4n) is 3.06. The van der Waals surface area contributed by atoms with Crippen LogP contribution in [0.1, 0.15) is 41.8 Å². The van der Waals surface area contributed by atoms with E-state index in [0.717, 1.165) is 47.1 Å². The Morgan fingerprint density at radius 2 is 2.11 bits per heavy atom. The van der Waals surface area contributed by atoms with Crippen LogP contribution in [0.25, 0.3) is 5.69 Å². The molecule has 1 aromatic heterocycles. The van der Waals surface area contributed by atoms with Crippen molar-refractivity contribution in [3.05, 3.63) is 45.7 Å². The van der Waals surface area contributed by atoms with Gasteiger partial charge in [0.05, 0.1) is 17.8 Å². The van der Waals surface area contributed by atoms with Crippen LogP contribution in [0.3, 0.4) is 0 Å². The first kappa shape index (κ1) is 19.9. The van der Waals surface area contributed by atoms with Crippen molar-refractivity contribution in [2.24, 2.45) is 5.92 Å². The summed E-state index contributed by atoms with van der Waals surface area (Å²) in [5.41, 5.74) is 4.74. The Hall–Kier alpha value is -1.85. The molecule has 5 nitrogen and oxygen atoms in total. The lowest BCUT2D eigenvalue weighted by atomic mass is 10.1. The van der Waals surface area contributed by atoms with Crippen molar-refractivity contribution < 1.29 is 9.53 Å². The number of hydrogen-bond acceptors (Lipinski definition) is 3. The number of rotatable bonds is 9. The number of nitrogens with one attached hydrogen (secondary N) is 1. The van der Waals surface area contributed by atoms with Crippen molar-refractivity contribution in [3.8, 4) is 5.69 Å². The summed E-state index contributed by atoms with van der Waals surface area (Å²) in [5.74, 6) is 0.801. The number of amides is 1. The minimum Gasteiger partial charge on any atom is -0.381 e. The van der Waals surface area contributed by atoms with Gasteiger partial charge in [-0.2, -0.15) is 5.10 Å². The van der Waals surface area contributed by atoms with Crippen LogP contribution in [-0.2, 0) is 16.0 Å². The average molecular weight is 390 g/mol. The maximum absolute atomic E-state index is 12.3. The van der Waals surface area contributed by atoms with Crippen molar-refractivity contribution in [2.75, 3.05) is 19.8 Å². The topological polar surface area (TPSA) is 56.2 Å². The van der Waals surface area contributed by atoms with Crippen LogP contribution < -0.4 is 5.32 Å². The van der Waals surface area contributed by atoms with E-state index < -0.39 is 0 Å². The highest BCUT2D eigenvalue weighted by Crippen LogP contribution is 2.28. The molecule has 1 amide bonds. The van der Waals surface area contributed by atoms with Crippen molar-refractivity contribution >= 4 is 17.5 Å². The Morgan fingerprint density at radius 3 is 2.81 bits per heavy atom. The van der Waals surface area contributed by atoms with Crippen LogP contribution in [0.15, 0.2) is 18.2 Å². The number of ether oxygens (including phenoxy) is 1. The Labute approximate surface area is 166 Å². The minimum atomic E-state index is 0.0184. The molecule has 1 fully saturated rings. The van der Waals surface area contributed by atoms with Crippen molar-refractivity contribution in [1.29, 1.82) is 0 Å². The molecule has 0 bridgehead atoms. The molecule has 0 spiro atoms. The first-order chi connectivity index (χ1) is 13.0. The molecule has 0 unspecified atom stereocenters. The third-order valence-corrected chi connectivity index (χ3v) is 5.42. The number of hydrogen-bond donors (Lipinski definition) is 1. The average Bonchev–Trinajstić information content (AvgIpc) is 3.42. The van der Waals surface area contributed by atoms with Crippen molar-refractivity contribution in [3.63, 3.8) is 0 Å². The van der Waals surface area contributed by atoms with Crippen molar-refractivity contribution in [2.45, 2.75) is 46.5 Å². The highest BCUT2D eigenvalue weighted by Gasteiger charge is 2.21. The van der Waals surface area contributed by atoms with Gasteiger partial charge >= 0.3 is 0 Å². The zero-order valence-electron chi connectivity index (χ0n) is 16.3. The fourth-order valence-corrected chi connectivity index (χ4v) is 3.23. The zero-order valence-corrected chi connectivity index (χ0v) is 17.1. The number of aromatic nitrogens is 2. The maximum atomic E-state index is 12.3. The van der Waals surface area contributed by atoms with Gasteiger partial charge in [0.2, 0.25) is 5.91 Å². The summed E-state index contributed by atoms with van der Waals surface area (Å²) in [6.07, 6.45) is 3.79. The van der Waals surface area contributed by atoms with E-state index in [2.05, 4.69) is 10.4 Å². The van der Waals surface area contributed by atoms with Crippen LogP contribution in [0.5, 0.6) is 0 Å². The van der Waals surface area contributed by atoms with Crippen LogP contribution in [0, 0.1) is 26.7 Å². The molecule has 146 valence electrons. The second-order valence-corrected chi connectivity index (χ2v) is 7.80. The van der Waals surface area contributed by atoms with Crippen LogP contribution in [0.2, 0.25) is 5.02 Å².